The lowest BCUT2D eigenvalue weighted by Gasteiger charge is -2.33. The fraction of sp³-hybridized carbons (Fsp3) is 0.800. The predicted octanol–water partition coefficient (Wildman–Crippen LogP) is 1.09. The highest BCUT2D eigenvalue weighted by Crippen LogP contribution is 2.11. The molecule has 0 aromatic heterocycles. The van der Waals surface area contributed by atoms with Crippen LogP contribution in [0.15, 0.2) is 0 Å². The molecular formula is C10H17N2O4. The van der Waals surface area contributed by atoms with Crippen molar-refractivity contribution in [3.8, 4) is 0 Å². The molecule has 0 bridgehead atoms. The number of amides is 2. The first-order valence-corrected chi connectivity index (χ1v) is 5.23. The first kappa shape index (κ1) is 12.6. The molecule has 0 aliphatic carbocycles. The van der Waals surface area contributed by atoms with Crippen molar-refractivity contribution in [2.24, 2.45) is 0 Å². The molecule has 16 heavy (non-hydrogen) atoms. The van der Waals surface area contributed by atoms with Crippen molar-refractivity contribution in [2.75, 3.05) is 26.2 Å². The van der Waals surface area contributed by atoms with Gasteiger partial charge < -0.3 is 14.5 Å². The Morgan fingerprint density at radius 1 is 1.00 bits per heavy atom. The highest BCUT2D eigenvalue weighted by atomic mass is 16.6. The third kappa shape index (κ3) is 3.60. The van der Waals surface area contributed by atoms with Crippen LogP contribution in [0.25, 0.3) is 0 Å². The van der Waals surface area contributed by atoms with Crippen molar-refractivity contribution in [3.05, 3.63) is 0 Å². The van der Waals surface area contributed by atoms with Crippen molar-refractivity contribution in [3.63, 3.8) is 0 Å². The molecular weight excluding hydrogens is 212 g/mol. The second kappa shape index (κ2) is 4.59. The van der Waals surface area contributed by atoms with Crippen LogP contribution >= 0.6 is 0 Å². The Hall–Kier alpha value is -1.46. The van der Waals surface area contributed by atoms with Crippen LogP contribution in [0.4, 0.5) is 9.59 Å². The molecule has 91 valence electrons. The Balaban J connectivity index is 2.42. The minimum Gasteiger partial charge on any atom is -0.444 e. The molecule has 2 amide bonds. The number of piperazine rings is 1. The summed E-state index contributed by atoms with van der Waals surface area (Å²) in [6, 6.07) is 0. The quantitative estimate of drug-likeness (QED) is 0.624. The molecule has 1 saturated heterocycles. The van der Waals surface area contributed by atoms with Gasteiger partial charge in [0.2, 0.25) is 0 Å². The third-order valence-electron chi connectivity index (χ3n) is 2.19. The molecule has 0 saturated carbocycles. The van der Waals surface area contributed by atoms with Crippen molar-refractivity contribution in [2.45, 2.75) is 26.4 Å². The topological polar surface area (TPSA) is 69.8 Å². The van der Waals surface area contributed by atoms with E-state index in [0.29, 0.717) is 13.1 Å². The van der Waals surface area contributed by atoms with E-state index in [1.807, 2.05) is 0 Å². The normalized spacial score (nSPS) is 17.2. The highest BCUT2D eigenvalue weighted by Gasteiger charge is 2.27. The molecule has 1 aliphatic rings. The highest BCUT2D eigenvalue weighted by molar-refractivity contribution is 5.69. The zero-order valence-corrected chi connectivity index (χ0v) is 9.86. The molecule has 0 unspecified atom stereocenters. The summed E-state index contributed by atoms with van der Waals surface area (Å²) in [6.45, 7) is 6.64. The monoisotopic (exact) mass is 229 g/mol. The average Bonchev–Trinajstić information content (AvgIpc) is 2.15. The van der Waals surface area contributed by atoms with E-state index in [4.69, 9.17) is 4.74 Å². The summed E-state index contributed by atoms with van der Waals surface area (Å²) in [6.07, 6.45) is -1.59. The SMILES string of the molecule is CC(C)(C)OC(=O)N1CCN(C([O])=O)CC1. The molecule has 0 aromatic rings. The van der Waals surface area contributed by atoms with Gasteiger partial charge in [-0.25, -0.2) is 14.7 Å². The van der Waals surface area contributed by atoms with Crippen molar-refractivity contribution < 1.29 is 19.4 Å². The number of nitrogens with zero attached hydrogens (tertiary/aromatic N) is 2. The van der Waals surface area contributed by atoms with E-state index in [1.165, 1.54) is 9.80 Å². The summed E-state index contributed by atoms with van der Waals surface area (Å²) in [7, 11) is 0. The number of carbonyl (C=O) groups is 2. The summed E-state index contributed by atoms with van der Waals surface area (Å²) in [5.74, 6) is 0. The zero-order chi connectivity index (χ0) is 12.3. The van der Waals surface area contributed by atoms with Gasteiger partial charge in [0.1, 0.15) is 5.60 Å². The lowest BCUT2D eigenvalue weighted by molar-refractivity contribution is 0.0136. The van der Waals surface area contributed by atoms with Gasteiger partial charge >= 0.3 is 12.2 Å². The molecule has 1 rings (SSSR count). The lowest BCUT2D eigenvalue weighted by atomic mass is 10.2. The smallest absolute Gasteiger partial charge is 0.444 e. The third-order valence-corrected chi connectivity index (χ3v) is 2.19. The number of hydrogen-bond donors (Lipinski definition) is 0. The number of hydrogen-bond acceptors (Lipinski definition) is 3. The maximum atomic E-state index is 11.6. The van der Waals surface area contributed by atoms with E-state index in [1.54, 1.807) is 20.8 Å². The Bertz CT molecular complexity index is 277. The van der Waals surface area contributed by atoms with E-state index in [-0.39, 0.29) is 13.1 Å². The number of ether oxygens (including phenoxy) is 1. The summed E-state index contributed by atoms with van der Waals surface area (Å²) in [5, 5.41) is 10.5. The first-order chi connectivity index (χ1) is 7.29. The molecule has 0 spiro atoms. The molecule has 6 nitrogen and oxygen atoms in total. The van der Waals surface area contributed by atoms with Crippen LogP contribution in [-0.2, 0) is 9.84 Å². The molecule has 1 aliphatic heterocycles. The van der Waals surface area contributed by atoms with Crippen LogP contribution < -0.4 is 0 Å². The number of carbonyl (C=O) groups excluding carboxylic acids is 2. The van der Waals surface area contributed by atoms with E-state index < -0.39 is 17.8 Å². The summed E-state index contributed by atoms with van der Waals surface area (Å²) < 4.78 is 5.18. The van der Waals surface area contributed by atoms with Gasteiger partial charge in [0.15, 0.2) is 0 Å². The average molecular weight is 229 g/mol. The van der Waals surface area contributed by atoms with Crippen molar-refractivity contribution in [1.82, 2.24) is 9.80 Å². The van der Waals surface area contributed by atoms with Gasteiger partial charge in [-0.1, -0.05) is 0 Å². The molecule has 0 N–H and O–H groups in total. The van der Waals surface area contributed by atoms with Gasteiger partial charge in [-0.05, 0) is 20.8 Å². The summed E-state index contributed by atoms with van der Waals surface area (Å²) >= 11 is 0. The molecule has 1 radical (unpaired) electrons. The molecule has 6 heteroatoms. The Kier molecular flexibility index (Phi) is 3.62. The summed E-state index contributed by atoms with van der Waals surface area (Å²) in [5.41, 5.74) is -0.525. The summed E-state index contributed by atoms with van der Waals surface area (Å²) in [4.78, 5) is 24.8. The van der Waals surface area contributed by atoms with E-state index >= 15 is 0 Å². The van der Waals surface area contributed by atoms with Gasteiger partial charge in [0, 0.05) is 26.2 Å². The van der Waals surface area contributed by atoms with Crippen LogP contribution in [0, 0.1) is 0 Å². The van der Waals surface area contributed by atoms with E-state index in [0.717, 1.165) is 0 Å². The fourth-order valence-corrected chi connectivity index (χ4v) is 1.40. The van der Waals surface area contributed by atoms with Gasteiger partial charge in [0.05, 0.1) is 0 Å². The van der Waals surface area contributed by atoms with Crippen LogP contribution in [0.5, 0.6) is 0 Å². The van der Waals surface area contributed by atoms with Gasteiger partial charge in [0.25, 0.3) is 0 Å². The maximum Gasteiger partial charge on any atom is 0.453 e. The minimum absolute atomic E-state index is 0.279. The van der Waals surface area contributed by atoms with Crippen LogP contribution in [0.2, 0.25) is 0 Å². The zero-order valence-electron chi connectivity index (χ0n) is 9.86. The van der Waals surface area contributed by atoms with E-state index in [2.05, 4.69) is 0 Å². The van der Waals surface area contributed by atoms with E-state index in [9.17, 15) is 14.7 Å². The van der Waals surface area contributed by atoms with Gasteiger partial charge in [-0.2, -0.15) is 0 Å². The fourth-order valence-electron chi connectivity index (χ4n) is 1.40. The molecule has 0 atom stereocenters. The molecule has 1 heterocycles. The van der Waals surface area contributed by atoms with Crippen molar-refractivity contribution in [1.29, 1.82) is 0 Å². The standard InChI is InChI=1S/C10H17N2O4/c1-10(2,3)16-9(15)12-6-4-11(5-7-12)8(13)14/h4-7H2,1-3H3. The van der Waals surface area contributed by atoms with Crippen LogP contribution in [-0.4, -0.2) is 53.8 Å². The first-order valence-electron chi connectivity index (χ1n) is 5.23. The van der Waals surface area contributed by atoms with Crippen LogP contribution in [0.1, 0.15) is 20.8 Å². The van der Waals surface area contributed by atoms with Gasteiger partial charge in [-0.3, -0.25) is 0 Å². The van der Waals surface area contributed by atoms with Crippen LogP contribution in [0.3, 0.4) is 0 Å². The second-order valence-corrected chi connectivity index (χ2v) is 4.72. The molecule has 1 fully saturated rings. The number of rotatable bonds is 0. The minimum atomic E-state index is -1.19. The predicted molar refractivity (Wildman–Crippen MR) is 55.5 cm³/mol. The Morgan fingerprint density at radius 2 is 1.44 bits per heavy atom. The second-order valence-electron chi connectivity index (χ2n) is 4.72. The Morgan fingerprint density at radius 3 is 1.81 bits per heavy atom. The molecule has 0 aromatic carbocycles. The lowest BCUT2D eigenvalue weighted by Crippen LogP contribution is -2.51. The van der Waals surface area contributed by atoms with Crippen molar-refractivity contribution >= 4 is 12.2 Å². The van der Waals surface area contributed by atoms with Gasteiger partial charge in [-0.15, -0.1) is 0 Å². The largest absolute Gasteiger partial charge is 0.453 e. The maximum absolute atomic E-state index is 11.6. The Labute approximate surface area is 94.8 Å².